The van der Waals surface area contributed by atoms with Crippen LogP contribution in [0.5, 0.6) is 0 Å². The molecule has 18 heavy (non-hydrogen) atoms. The van der Waals surface area contributed by atoms with Crippen LogP contribution in [0.2, 0.25) is 0 Å². The second-order valence-electron chi connectivity index (χ2n) is 5.00. The molecule has 0 aliphatic heterocycles. The molecule has 0 fully saturated rings. The van der Waals surface area contributed by atoms with Gasteiger partial charge in [-0.1, -0.05) is 0 Å². The Hall–Kier alpha value is -1.34. The van der Waals surface area contributed by atoms with Gasteiger partial charge in [0.05, 0.1) is 4.91 Å². The summed E-state index contributed by atoms with van der Waals surface area (Å²) in [4.78, 5) is 11.6. The van der Waals surface area contributed by atoms with Gasteiger partial charge in [0.15, 0.2) is 0 Å². The number of amides is 1. The first-order valence-corrected chi connectivity index (χ1v) is 7.05. The summed E-state index contributed by atoms with van der Waals surface area (Å²) in [6.07, 6.45) is 3.04. The molecule has 0 bridgehead atoms. The molecule has 1 amide bonds. The van der Waals surface area contributed by atoms with E-state index in [0.717, 1.165) is 0 Å². The maximum Gasteiger partial charge on any atom is 0.411 e. The molecule has 0 spiro atoms. The minimum Gasteiger partial charge on any atom is -0.444 e. The maximum atomic E-state index is 11.5. The van der Waals surface area contributed by atoms with Gasteiger partial charge in [-0.2, -0.15) is 0 Å². The molecule has 1 aliphatic carbocycles. The van der Waals surface area contributed by atoms with Gasteiger partial charge in [-0.05, 0) is 45.8 Å². The van der Waals surface area contributed by atoms with Crippen LogP contribution < -0.4 is 10.5 Å². The van der Waals surface area contributed by atoms with Gasteiger partial charge in [0.25, 0.3) is 0 Å². The van der Waals surface area contributed by atoms with Gasteiger partial charge in [0, 0.05) is 5.70 Å². The summed E-state index contributed by atoms with van der Waals surface area (Å²) in [7, 11) is -3.63. The second kappa shape index (κ2) is 5.11. The van der Waals surface area contributed by atoms with Gasteiger partial charge in [0.1, 0.15) is 5.60 Å². The van der Waals surface area contributed by atoms with E-state index in [-0.39, 0.29) is 11.3 Å². The van der Waals surface area contributed by atoms with Crippen molar-refractivity contribution in [3.63, 3.8) is 0 Å². The Kier molecular flexibility index (Phi) is 4.18. The molecule has 7 heteroatoms. The predicted octanol–water partition coefficient (Wildman–Crippen LogP) is 1.36. The van der Waals surface area contributed by atoms with Crippen LogP contribution in [0.15, 0.2) is 22.8 Å². The lowest BCUT2D eigenvalue weighted by atomic mass is 10.1. The van der Waals surface area contributed by atoms with E-state index in [1.165, 1.54) is 12.2 Å². The number of allylic oxidation sites excluding steroid dienone is 4. The number of ether oxygens (including phenoxy) is 1. The molecule has 0 saturated heterocycles. The number of primary sulfonamides is 1. The molecule has 0 aromatic heterocycles. The number of alkyl carbamates (subject to hydrolysis) is 1. The summed E-state index contributed by atoms with van der Waals surface area (Å²) in [5.41, 5.74) is 0.0395. The summed E-state index contributed by atoms with van der Waals surface area (Å²) < 4.78 is 27.2. The number of hydrogen-bond acceptors (Lipinski definition) is 4. The first-order chi connectivity index (χ1) is 8.08. The standard InChI is InChI=1S/C11H18N2O4S/c1-11(2,3)17-10(14)13-8-4-6-9(7-5-8)18(12,15)16/h4,6H,5,7H2,1-3H3,(H,13,14)(H2,12,15,16). The van der Waals surface area contributed by atoms with E-state index in [0.29, 0.717) is 12.1 Å². The van der Waals surface area contributed by atoms with Crippen molar-refractivity contribution in [1.82, 2.24) is 5.32 Å². The van der Waals surface area contributed by atoms with Crippen molar-refractivity contribution in [2.24, 2.45) is 5.14 Å². The molecule has 1 rings (SSSR count). The van der Waals surface area contributed by atoms with Crippen molar-refractivity contribution in [1.29, 1.82) is 0 Å². The van der Waals surface area contributed by atoms with E-state index in [4.69, 9.17) is 9.88 Å². The molecule has 102 valence electrons. The van der Waals surface area contributed by atoms with Crippen LogP contribution in [0.3, 0.4) is 0 Å². The van der Waals surface area contributed by atoms with Gasteiger partial charge < -0.3 is 4.74 Å². The summed E-state index contributed by atoms with van der Waals surface area (Å²) in [5.74, 6) is 0. The lowest BCUT2D eigenvalue weighted by Gasteiger charge is -2.21. The topological polar surface area (TPSA) is 98.5 Å². The molecule has 3 N–H and O–H groups in total. The van der Waals surface area contributed by atoms with E-state index >= 15 is 0 Å². The maximum absolute atomic E-state index is 11.5. The van der Waals surface area contributed by atoms with Crippen molar-refractivity contribution in [2.45, 2.75) is 39.2 Å². The van der Waals surface area contributed by atoms with Crippen molar-refractivity contribution in [2.75, 3.05) is 0 Å². The number of nitrogens with one attached hydrogen (secondary N) is 1. The number of rotatable bonds is 2. The smallest absolute Gasteiger partial charge is 0.411 e. The van der Waals surface area contributed by atoms with Crippen molar-refractivity contribution in [3.8, 4) is 0 Å². The van der Waals surface area contributed by atoms with Crippen LogP contribution >= 0.6 is 0 Å². The highest BCUT2D eigenvalue weighted by atomic mass is 32.2. The van der Waals surface area contributed by atoms with Crippen molar-refractivity contribution < 1.29 is 17.9 Å². The average Bonchev–Trinajstić information content (AvgIpc) is 2.13. The zero-order valence-electron chi connectivity index (χ0n) is 10.7. The van der Waals surface area contributed by atoms with Crippen LogP contribution in [0.25, 0.3) is 0 Å². The van der Waals surface area contributed by atoms with Crippen LogP contribution in [-0.2, 0) is 14.8 Å². The molecule has 0 aromatic rings. The SMILES string of the molecule is CC(C)(C)OC(=O)NC1=CC=C(S(N)(=O)=O)CC1. The third kappa shape index (κ3) is 4.89. The summed E-state index contributed by atoms with van der Waals surface area (Å²) >= 11 is 0. The quantitative estimate of drug-likeness (QED) is 0.794. The van der Waals surface area contributed by atoms with Crippen LogP contribution in [0.1, 0.15) is 33.6 Å². The minimum atomic E-state index is -3.63. The number of sulfonamides is 1. The number of carbonyl (C=O) groups is 1. The van der Waals surface area contributed by atoms with Gasteiger partial charge in [0.2, 0.25) is 10.0 Å². The molecule has 0 atom stereocenters. The molecule has 0 saturated carbocycles. The van der Waals surface area contributed by atoms with Gasteiger partial charge >= 0.3 is 6.09 Å². The Morgan fingerprint density at radius 1 is 1.33 bits per heavy atom. The predicted molar refractivity (Wildman–Crippen MR) is 67.9 cm³/mol. The number of nitrogens with two attached hydrogens (primary N) is 1. The lowest BCUT2D eigenvalue weighted by Crippen LogP contribution is -2.32. The fourth-order valence-corrected chi connectivity index (χ4v) is 2.04. The normalized spacial score (nSPS) is 16.7. The Morgan fingerprint density at radius 2 is 1.94 bits per heavy atom. The molecule has 1 aliphatic rings. The van der Waals surface area contributed by atoms with E-state index in [2.05, 4.69) is 5.32 Å². The van der Waals surface area contributed by atoms with Gasteiger partial charge in [-0.3, -0.25) is 5.32 Å². The van der Waals surface area contributed by atoms with Crippen molar-refractivity contribution >= 4 is 16.1 Å². The Labute approximate surface area is 107 Å². The minimum absolute atomic E-state index is 0.164. The lowest BCUT2D eigenvalue weighted by molar-refractivity contribution is 0.0544. The zero-order chi connectivity index (χ0) is 14.0. The Balaban J connectivity index is 2.65. The molecular weight excluding hydrogens is 256 g/mol. The molecule has 6 nitrogen and oxygen atoms in total. The fourth-order valence-electron chi connectivity index (χ4n) is 1.39. The average molecular weight is 274 g/mol. The van der Waals surface area contributed by atoms with E-state index < -0.39 is 21.7 Å². The van der Waals surface area contributed by atoms with Crippen LogP contribution in [0.4, 0.5) is 4.79 Å². The first kappa shape index (κ1) is 14.7. The molecular formula is C11H18N2O4S. The van der Waals surface area contributed by atoms with E-state index in [1.807, 2.05) is 0 Å². The van der Waals surface area contributed by atoms with Gasteiger partial charge in [-0.25, -0.2) is 18.4 Å². The molecule has 0 aromatic carbocycles. The monoisotopic (exact) mass is 274 g/mol. The molecule has 0 heterocycles. The highest BCUT2D eigenvalue weighted by Crippen LogP contribution is 2.19. The fraction of sp³-hybridized carbons (Fsp3) is 0.545. The third-order valence-corrected chi connectivity index (χ3v) is 3.21. The zero-order valence-corrected chi connectivity index (χ0v) is 11.5. The van der Waals surface area contributed by atoms with E-state index in [9.17, 15) is 13.2 Å². The van der Waals surface area contributed by atoms with Crippen LogP contribution in [0, 0.1) is 0 Å². The second-order valence-corrected chi connectivity index (χ2v) is 6.61. The largest absolute Gasteiger partial charge is 0.444 e. The summed E-state index contributed by atoms with van der Waals surface area (Å²) in [5, 5.41) is 7.57. The van der Waals surface area contributed by atoms with E-state index in [1.54, 1.807) is 20.8 Å². The highest BCUT2D eigenvalue weighted by molar-refractivity contribution is 7.93. The molecule has 0 radical (unpaired) electrons. The third-order valence-electron chi connectivity index (χ3n) is 2.14. The first-order valence-electron chi connectivity index (χ1n) is 5.50. The highest BCUT2D eigenvalue weighted by Gasteiger charge is 2.19. The van der Waals surface area contributed by atoms with Crippen LogP contribution in [-0.4, -0.2) is 20.1 Å². The summed E-state index contributed by atoms with van der Waals surface area (Å²) in [6, 6.07) is 0. The van der Waals surface area contributed by atoms with Gasteiger partial charge in [-0.15, -0.1) is 0 Å². The molecule has 0 unspecified atom stereocenters. The number of carbonyl (C=O) groups excluding carboxylic acids is 1. The number of hydrogen-bond donors (Lipinski definition) is 2. The Bertz CT molecular complexity index is 498. The van der Waals surface area contributed by atoms with Crippen molar-refractivity contribution in [3.05, 3.63) is 22.8 Å². The Morgan fingerprint density at radius 3 is 2.33 bits per heavy atom. The summed E-state index contributed by atoms with van der Waals surface area (Å²) in [6.45, 7) is 5.29.